The minimum absolute atomic E-state index is 0.106. The van der Waals surface area contributed by atoms with E-state index in [0.717, 1.165) is 17.5 Å². The maximum Gasteiger partial charge on any atom is 0.303 e. The molecule has 1 heterocycles. The molecule has 27 heavy (non-hydrogen) atoms. The summed E-state index contributed by atoms with van der Waals surface area (Å²) < 4.78 is 13.0. The zero-order valence-electron chi connectivity index (χ0n) is 15.4. The zero-order chi connectivity index (χ0) is 19.1. The van der Waals surface area contributed by atoms with Crippen LogP contribution in [-0.4, -0.2) is 16.9 Å². The summed E-state index contributed by atoms with van der Waals surface area (Å²) in [5.74, 6) is -1.60. The highest BCUT2D eigenvalue weighted by atomic mass is 16.8. The zero-order valence-corrected chi connectivity index (χ0v) is 15.4. The summed E-state index contributed by atoms with van der Waals surface area (Å²) in [4.78, 5) is 11.0. The molecule has 1 aliphatic heterocycles. The van der Waals surface area contributed by atoms with E-state index in [1.165, 1.54) is 0 Å². The number of carboxylic acid groups (broad SMARTS) is 1. The summed E-state index contributed by atoms with van der Waals surface area (Å²) in [6.07, 6.45) is 3.94. The summed E-state index contributed by atoms with van der Waals surface area (Å²) >= 11 is 0. The predicted molar refractivity (Wildman–Crippen MR) is 104 cm³/mol. The molecule has 2 atom stereocenters. The molecule has 0 unspecified atom stereocenters. The van der Waals surface area contributed by atoms with Crippen molar-refractivity contribution in [3.63, 3.8) is 0 Å². The van der Waals surface area contributed by atoms with Crippen molar-refractivity contribution in [1.82, 2.24) is 0 Å². The minimum Gasteiger partial charge on any atom is -0.481 e. The van der Waals surface area contributed by atoms with Crippen molar-refractivity contribution < 1.29 is 19.4 Å². The molecule has 0 radical (unpaired) electrons. The molecule has 1 fully saturated rings. The third-order valence-corrected chi connectivity index (χ3v) is 4.89. The van der Waals surface area contributed by atoms with Gasteiger partial charge in [0.2, 0.25) is 0 Å². The molecule has 1 N–H and O–H groups in total. The molecular weight excluding hydrogens is 340 g/mol. The first kappa shape index (κ1) is 19.3. The van der Waals surface area contributed by atoms with Crippen LogP contribution >= 0.6 is 0 Å². The number of benzene rings is 2. The molecule has 1 saturated heterocycles. The molecule has 0 saturated carbocycles. The number of hydrogen-bond donors (Lipinski definition) is 1. The lowest BCUT2D eigenvalue weighted by Gasteiger charge is -2.28. The van der Waals surface area contributed by atoms with Gasteiger partial charge in [-0.05, 0) is 24.0 Å². The Morgan fingerprint density at radius 2 is 1.48 bits per heavy atom. The monoisotopic (exact) mass is 366 g/mol. The van der Waals surface area contributed by atoms with Gasteiger partial charge in [0.05, 0.1) is 0 Å². The fourth-order valence-corrected chi connectivity index (χ4v) is 3.58. The standard InChI is InChI=1S/C23H26O4/c1-2-3-16-23(17-10-15-20(24)25)26-21(18-11-6-4-7-12-18)22(27-23)19-13-8-5-9-14-19/h2,4-9,11-14,21-22H,1,3,10,15-17H2,(H,24,25)/t21-,22-/m1/s1. The first-order valence-electron chi connectivity index (χ1n) is 9.42. The van der Waals surface area contributed by atoms with E-state index in [-0.39, 0.29) is 18.6 Å². The SMILES string of the molecule is C=CCCC1(CCCC(=O)O)O[C@H](c2ccccc2)[C@@H](c2ccccc2)O1. The number of rotatable bonds is 9. The van der Waals surface area contributed by atoms with Crippen molar-refractivity contribution in [3.8, 4) is 0 Å². The molecule has 0 spiro atoms. The van der Waals surface area contributed by atoms with Crippen LogP contribution in [0.4, 0.5) is 0 Å². The van der Waals surface area contributed by atoms with Crippen LogP contribution in [-0.2, 0) is 14.3 Å². The second-order valence-corrected chi connectivity index (χ2v) is 6.88. The number of carboxylic acids is 1. The quantitative estimate of drug-likeness (QED) is 0.601. The Labute approximate surface area is 160 Å². The topological polar surface area (TPSA) is 55.8 Å². The Morgan fingerprint density at radius 3 is 1.93 bits per heavy atom. The van der Waals surface area contributed by atoms with E-state index in [9.17, 15) is 4.79 Å². The molecule has 142 valence electrons. The van der Waals surface area contributed by atoms with Gasteiger partial charge in [-0.15, -0.1) is 6.58 Å². The number of hydrogen-bond acceptors (Lipinski definition) is 3. The molecule has 0 aliphatic carbocycles. The number of aliphatic carboxylic acids is 1. The first-order valence-corrected chi connectivity index (χ1v) is 9.42. The molecule has 0 aromatic heterocycles. The smallest absolute Gasteiger partial charge is 0.303 e. The fourth-order valence-electron chi connectivity index (χ4n) is 3.58. The summed E-state index contributed by atoms with van der Waals surface area (Å²) in [6.45, 7) is 3.81. The average Bonchev–Trinajstić information content (AvgIpc) is 3.08. The van der Waals surface area contributed by atoms with Crippen LogP contribution in [0.1, 0.15) is 55.4 Å². The van der Waals surface area contributed by atoms with Gasteiger partial charge in [0.25, 0.3) is 0 Å². The molecule has 2 aromatic carbocycles. The summed E-state index contributed by atoms with van der Waals surface area (Å²) in [5, 5.41) is 9.01. The molecule has 4 heteroatoms. The van der Waals surface area contributed by atoms with Crippen LogP contribution in [0.5, 0.6) is 0 Å². The molecule has 2 aromatic rings. The largest absolute Gasteiger partial charge is 0.481 e. The predicted octanol–water partition coefficient (Wildman–Crippen LogP) is 5.43. The van der Waals surface area contributed by atoms with Gasteiger partial charge in [-0.3, -0.25) is 4.79 Å². The Hall–Kier alpha value is -2.43. The third-order valence-electron chi connectivity index (χ3n) is 4.89. The van der Waals surface area contributed by atoms with E-state index in [1.807, 2.05) is 66.7 Å². The second-order valence-electron chi connectivity index (χ2n) is 6.88. The van der Waals surface area contributed by atoms with E-state index in [0.29, 0.717) is 19.3 Å². The van der Waals surface area contributed by atoms with E-state index in [2.05, 4.69) is 6.58 Å². The average molecular weight is 366 g/mol. The van der Waals surface area contributed by atoms with E-state index in [4.69, 9.17) is 14.6 Å². The lowest BCUT2D eigenvalue weighted by Crippen LogP contribution is -2.30. The normalized spacial score (nSPS) is 21.0. The minimum atomic E-state index is -0.801. The molecule has 0 bridgehead atoms. The molecule has 4 nitrogen and oxygen atoms in total. The molecule has 0 amide bonds. The van der Waals surface area contributed by atoms with Crippen LogP contribution < -0.4 is 0 Å². The van der Waals surface area contributed by atoms with E-state index < -0.39 is 11.8 Å². The highest BCUT2D eigenvalue weighted by Gasteiger charge is 2.47. The summed E-state index contributed by atoms with van der Waals surface area (Å²) in [5.41, 5.74) is 2.12. The van der Waals surface area contributed by atoms with Crippen molar-refractivity contribution in [2.75, 3.05) is 0 Å². The van der Waals surface area contributed by atoms with Crippen molar-refractivity contribution in [2.45, 2.75) is 50.1 Å². The maximum absolute atomic E-state index is 11.0. The fraction of sp³-hybridized carbons (Fsp3) is 0.348. The van der Waals surface area contributed by atoms with Gasteiger partial charge in [-0.25, -0.2) is 0 Å². The lowest BCUT2D eigenvalue weighted by molar-refractivity contribution is -0.186. The Morgan fingerprint density at radius 1 is 0.963 bits per heavy atom. The van der Waals surface area contributed by atoms with E-state index in [1.54, 1.807) is 0 Å². The van der Waals surface area contributed by atoms with Gasteiger partial charge in [0.15, 0.2) is 5.79 Å². The summed E-state index contributed by atoms with van der Waals surface area (Å²) in [7, 11) is 0. The van der Waals surface area contributed by atoms with Gasteiger partial charge in [-0.1, -0.05) is 66.7 Å². The number of allylic oxidation sites excluding steroid dienone is 1. The van der Waals surface area contributed by atoms with Gasteiger partial charge in [0, 0.05) is 19.3 Å². The Kier molecular flexibility index (Phi) is 6.43. The molecule has 3 rings (SSSR count). The van der Waals surface area contributed by atoms with E-state index >= 15 is 0 Å². The number of ether oxygens (including phenoxy) is 2. The van der Waals surface area contributed by atoms with Crippen molar-refractivity contribution in [2.24, 2.45) is 0 Å². The van der Waals surface area contributed by atoms with Crippen molar-refractivity contribution in [3.05, 3.63) is 84.4 Å². The second kappa shape index (κ2) is 8.98. The van der Waals surface area contributed by atoms with Crippen molar-refractivity contribution >= 4 is 5.97 Å². The van der Waals surface area contributed by atoms with Crippen LogP contribution in [0.25, 0.3) is 0 Å². The first-order chi connectivity index (χ1) is 13.1. The Bertz CT molecular complexity index is 694. The Balaban J connectivity index is 1.90. The van der Waals surface area contributed by atoms with Gasteiger partial charge in [0.1, 0.15) is 12.2 Å². The highest BCUT2D eigenvalue weighted by Crippen LogP contribution is 2.50. The van der Waals surface area contributed by atoms with Gasteiger partial charge >= 0.3 is 5.97 Å². The molecule has 1 aliphatic rings. The van der Waals surface area contributed by atoms with Crippen LogP contribution in [0.15, 0.2) is 73.3 Å². The maximum atomic E-state index is 11.0. The van der Waals surface area contributed by atoms with Crippen LogP contribution in [0, 0.1) is 0 Å². The van der Waals surface area contributed by atoms with Crippen LogP contribution in [0.3, 0.4) is 0 Å². The third kappa shape index (κ3) is 4.85. The van der Waals surface area contributed by atoms with Gasteiger partial charge < -0.3 is 14.6 Å². The highest BCUT2D eigenvalue weighted by molar-refractivity contribution is 5.66. The van der Waals surface area contributed by atoms with Crippen LogP contribution in [0.2, 0.25) is 0 Å². The lowest BCUT2D eigenvalue weighted by atomic mass is 9.99. The van der Waals surface area contributed by atoms with Gasteiger partial charge in [-0.2, -0.15) is 0 Å². The summed E-state index contributed by atoms with van der Waals surface area (Å²) in [6, 6.07) is 20.1. The van der Waals surface area contributed by atoms with Crippen molar-refractivity contribution in [1.29, 1.82) is 0 Å². The number of carbonyl (C=O) groups is 1. The molecular formula is C23H26O4.